The fraction of sp³-hybridized carbons (Fsp3) is 0.500. The first-order chi connectivity index (χ1) is 14.9. The third kappa shape index (κ3) is 4.64. The first-order valence-electron chi connectivity index (χ1n) is 11.2. The van der Waals surface area contributed by atoms with Gasteiger partial charge in [0.05, 0.1) is 24.7 Å². The van der Waals surface area contributed by atoms with Gasteiger partial charge >= 0.3 is 0 Å². The van der Waals surface area contributed by atoms with Gasteiger partial charge in [0.15, 0.2) is 0 Å². The van der Waals surface area contributed by atoms with Crippen LogP contribution in [0.25, 0.3) is 0 Å². The highest BCUT2D eigenvalue weighted by atomic mass is 16.5. The third-order valence-corrected chi connectivity index (χ3v) is 5.49. The summed E-state index contributed by atoms with van der Waals surface area (Å²) >= 11 is 0. The Kier molecular flexibility index (Phi) is 6.63. The van der Waals surface area contributed by atoms with Crippen LogP contribution in [-0.4, -0.2) is 46.7 Å². The van der Waals surface area contributed by atoms with Crippen LogP contribution in [0.3, 0.4) is 0 Å². The Morgan fingerprint density at radius 2 is 1.44 bits per heavy atom. The number of hydrogen-bond donors (Lipinski definition) is 0. The van der Waals surface area contributed by atoms with E-state index in [1.54, 1.807) is 32.6 Å². The van der Waals surface area contributed by atoms with E-state index in [2.05, 4.69) is 0 Å². The topological polar surface area (TPSA) is 72.9 Å². The van der Waals surface area contributed by atoms with E-state index in [0.29, 0.717) is 12.0 Å². The molecule has 6 nitrogen and oxygen atoms in total. The number of amides is 1. The molecule has 0 radical (unpaired) electrons. The number of Topliss-reactive ketones (excluding diaryl/α,β-unsaturated/α-hetero) is 2. The van der Waals surface area contributed by atoms with E-state index >= 15 is 0 Å². The zero-order valence-corrected chi connectivity index (χ0v) is 20.0. The van der Waals surface area contributed by atoms with Crippen LogP contribution < -0.4 is 0 Å². The van der Waals surface area contributed by atoms with Gasteiger partial charge in [0.2, 0.25) is 29.0 Å². The minimum absolute atomic E-state index is 0.0564. The Balaban J connectivity index is 2.16. The smallest absolute Gasteiger partial charge is 0.231 e. The number of ketones is 2. The van der Waals surface area contributed by atoms with Gasteiger partial charge in [0, 0.05) is 16.7 Å². The van der Waals surface area contributed by atoms with Crippen molar-refractivity contribution in [2.24, 2.45) is 5.92 Å². The van der Waals surface area contributed by atoms with Crippen LogP contribution >= 0.6 is 0 Å². The lowest BCUT2D eigenvalue weighted by Gasteiger charge is -2.43. The Morgan fingerprint density at radius 3 is 1.94 bits per heavy atom. The Hall–Kier alpha value is -2.89. The van der Waals surface area contributed by atoms with Crippen LogP contribution in [0.1, 0.15) is 54.0 Å². The predicted octanol–water partition coefficient (Wildman–Crippen LogP) is 4.00. The largest absolute Gasteiger partial charge is 0.483 e. The number of nitrogens with zero attached hydrogens (tertiary/aromatic N) is 1. The van der Waals surface area contributed by atoms with Crippen molar-refractivity contribution in [2.45, 2.75) is 72.6 Å². The van der Waals surface area contributed by atoms with Gasteiger partial charge in [-0.1, -0.05) is 30.3 Å². The van der Waals surface area contributed by atoms with Gasteiger partial charge in [-0.15, -0.1) is 0 Å². The standard InChI is InChI=1S/C26H33NO5/c1-15(2)31-23-21(28)19-14-27(26(5,6)7)25(30)18(13-17-11-9-8-10-12-17)20(19)22(29)24(23)32-16(3)4/h8-12,15-16,18H,13-14H2,1-7H3. The summed E-state index contributed by atoms with van der Waals surface area (Å²) in [6.45, 7) is 13.0. The van der Waals surface area contributed by atoms with E-state index in [9.17, 15) is 14.4 Å². The summed E-state index contributed by atoms with van der Waals surface area (Å²) in [6.07, 6.45) is -0.300. The van der Waals surface area contributed by atoms with Crippen LogP contribution in [-0.2, 0) is 30.3 Å². The molecular weight excluding hydrogens is 406 g/mol. The zero-order valence-electron chi connectivity index (χ0n) is 20.0. The molecule has 1 aromatic rings. The van der Waals surface area contributed by atoms with Crippen molar-refractivity contribution >= 4 is 17.5 Å². The summed E-state index contributed by atoms with van der Waals surface area (Å²) in [5.74, 6) is -1.86. The molecule has 0 bridgehead atoms. The van der Waals surface area contributed by atoms with Crippen molar-refractivity contribution in [2.75, 3.05) is 6.54 Å². The number of carbonyl (C=O) groups excluding carboxylic acids is 3. The number of allylic oxidation sites excluding steroid dienone is 2. The molecular formula is C26H33NO5. The van der Waals surface area contributed by atoms with Gasteiger partial charge < -0.3 is 14.4 Å². The number of hydrogen-bond acceptors (Lipinski definition) is 5. The Bertz CT molecular complexity index is 979. The highest BCUT2D eigenvalue weighted by molar-refractivity contribution is 6.26. The average Bonchev–Trinajstić information content (AvgIpc) is 2.69. The van der Waals surface area contributed by atoms with E-state index in [1.165, 1.54) is 0 Å². The Morgan fingerprint density at radius 1 is 0.906 bits per heavy atom. The average molecular weight is 440 g/mol. The molecule has 1 heterocycles. The molecule has 0 fully saturated rings. The van der Waals surface area contributed by atoms with E-state index in [0.717, 1.165) is 5.56 Å². The minimum Gasteiger partial charge on any atom is -0.483 e. The number of carbonyl (C=O) groups is 3. The van der Waals surface area contributed by atoms with Crippen molar-refractivity contribution in [1.82, 2.24) is 4.90 Å². The van der Waals surface area contributed by atoms with E-state index in [1.807, 2.05) is 51.1 Å². The fourth-order valence-corrected chi connectivity index (χ4v) is 4.09. The number of benzene rings is 1. The van der Waals surface area contributed by atoms with Gasteiger partial charge in [-0.2, -0.15) is 0 Å². The molecule has 1 aliphatic heterocycles. The SMILES string of the molecule is CC(C)OC1=C(OC(C)C)C(=O)C2=C(CN(C(C)(C)C)C(=O)C2Cc2ccccc2)C1=O. The second kappa shape index (κ2) is 8.93. The van der Waals surface area contributed by atoms with Crippen molar-refractivity contribution < 1.29 is 23.9 Å². The van der Waals surface area contributed by atoms with E-state index in [-0.39, 0.29) is 47.5 Å². The maximum atomic E-state index is 13.7. The van der Waals surface area contributed by atoms with Crippen LogP contribution in [0.5, 0.6) is 0 Å². The summed E-state index contributed by atoms with van der Waals surface area (Å²) in [4.78, 5) is 42.6. The van der Waals surface area contributed by atoms with Crippen LogP contribution in [0.4, 0.5) is 0 Å². The minimum atomic E-state index is -0.761. The lowest BCUT2D eigenvalue weighted by Crippen LogP contribution is -2.55. The molecule has 1 aromatic carbocycles. The molecule has 1 aliphatic carbocycles. The van der Waals surface area contributed by atoms with Crippen LogP contribution in [0.15, 0.2) is 53.0 Å². The van der Waals surface area contributed by atoms with Crippen LogP contribution in [0, 0.1) is 5.92 Å². The molecule has 2 aliphatic rings. The quantitative estimate of drug-likeness (QED) is 0.627. The summed E-state index contributed by atoms with van der Waals surface area (Å²) < 4.78 is 11.6. The van der Waals surface area contributed by atoms with Gasteiger partial charge in [-0.05, 0) is 60.5 Å². The molecule has 32 heavy (non-hydrogen) atoms. The van der Waals surface area contributed by atoms with Crippen LogP contribution in [0.2, 0.25) is 0 Å². The van der Waals surface area contributed by atoms with Gasteiger partial charge in [-0.3, -0.25) is 14.4 Å². The molecule has 0 saturated carbocycles. The molecule has 0 N–H and O–H groups in total. The van der Waals surface area contributed by atoms with E-state index < -0.39 is 17.2 Å². The van der Waals surface area contributed by atoms with Crippen molar-refractivity contribution in [1.29, 1.82) is 0 Å². The fourth-order valence-electron chi connectivity index (χ4n) is 4.09. The predicted molar refractivity (Wildman–Crippen MR) is 122 cm³/mol. The highest BCUT2D eigenvalue weighted by Crippen LogP contribution is 2.39. The molecule has 0 aromatic heterocycles. The molecule has 6 heteroatoms. The van der Waals surface area contributed by atoms with Crippen molar-refractivity contribution in [3.8, 4) is 0 Å². The van der Waals surface area contributed by atoms with E-state index in [4.69, 9.17) is 9.47 Å². The second-order valence-electron chi connectivity index (χ2n) is 9.88. The molecule has 0 saturated heterocycles. The van der Waals surface area contributed by atoms with Crippen molar-refractivity contribution in [3.05, 3.63) is 58.6 Å². The maximum Gasteiger partial charge on any atom is 0.231 e. The third-order valence-electron chi connectivity index (χ3n) is 5.49. The summed E-state index contributed by atoms with van der Waals surface area (Å²) in [5.41, 5.74) is 0.993. The Labute approximate surface area is 190 Å². The molecule has 1 atom stereocenters. The summed E-state index contributed by atoms with van der Waals surface area (Å²) in [7, 11) is 0. The normalized spacial score (nSPS) is 19.8. The molecule has 3 rings (SSSR count). The number of rotatable bonds is 6. The first-order valence-corrected chi connectivity index (χ1v) is 11.2. The molecule has 1 amide bonds. The molecule has 1 unspecified atom stereocenters. The van der Waals surface area contributed by atoms with Gasteiger partial charge in [-0.25, -0.2) is 0 Å². The summed E-state index contributed by atoms with van der Waals surface area (Å²) in [6, 6.07) is 9.55. The summed E-state index contributed by atoms with van der Waals surface area (Å²) in [5, 5.41) is 0. The molecule has 172 valence electrons. The van der Waals surface area contributed by atoms with Gasteiger partial charge in [0.1, 0.15) is 0 Å². The van der Waals surface area contributed by atoms with Crippen molar-refractivity contribution in [3.63, 3.8) is 0 Å². The monoisotopic (exact) mass is 439 g/mol. The second-order valence-corrected chi connectivity index (χ2v) is 9.88. The zero-order chi connectivity index (χ0) is 23.8. The lowest BCUT2D eigenvalue weighted by molar-refractivity contribution is -0.142. The molecule has 0 spiro atoms. The maximum absolute atomic E-state index is 13.7. The first kappa shape index (κ1) is 23.8. The number of ether oxygens (including phenoxy) is 2. The van der Waals surface area contributed by atoms with Gasteiger partial charge in [0.25, 0.3) is 0 Å². The highest BCUT2D eigenvalue weighted by Gasteiger charge is 2.49. The lowest BCUT2D eigenvalue weighted by atomic mass is 9.76.